The van der Waals surface area contributed by atoms with Crippen molar-refractivity contribution in [3.05, 3.63) is 35.1 Å². The second kappa shape index (κ2) is 6.79. The van der Waals surface area contributed by atoms with E-state index < -0.39 is 18.3 Å². The zero-order chi connectivity index (χ0) is 17.3. The topological polar surface area (TPSA) is 48.4 Å². The van der Waals surface area contributed by atoms with E-state index in [9.17, 15) is 4.79 Å². The summed E-state index contributed by atoms with van der Waals surface area (Å²) < 4.78 is 12.3. The fourth-order valence-corrected chi connectivity index (χ4v) is 2.82. The Hall–Kier alpha value is -1.11. The molecule has 6 heteroatoms. The average molecular weight is 333 g/mol. The van der Waals surface area contributed by atoms with Crippen molar-refractivity contribution in [3.8, 4) is 0 Å². The molecule has 0 bridgehead atoms. The summed E-state index contributed by atoms with van der Waals surface area (Å²) in [4.78, 5) is 15.6. The van der Waals surface area contributed by atoms with E-state index in [4.69, 9.17) is 9.31 Å². The van der Waals surface area contributed by atoms with Crippen LogP contribution in [0.15, 0.2) is 23.9 Å². The average Bonchev–Trinajstić information content (AvgIpc) is 2.63. The van der Waals surface area contributed by atoms with Crippen LogP contribution in [-0.2, 0) is 14.1 Å². The predicted molar refractivity (Wildman–Crippen MR) is 96.2 cm³/mol. The van der Waals surface area contributed by atoms with Gasteiger partial charge in [-0.3, -0.25) is 9.78 Å². The van der Waals surface area contributed by atoms with Gasteiger partial charge in [0.1, 0.15) is 0 Å². The van der Waals surface area contributed by atoms with Crippen molar-refractivity contribution in [2.45, 2.75) is 52.7 Å². The largest absolute Gasteiger partial charge is 0.491 e. The molecule has 124 valence electrons. The lowest BCUT2D eigenvalue weighted by Crippen LogP contribution is -2.41. The molecule has 2 heterocycles. The summed E-state index contributed by atoms with van der Waals surface area (Å²) in [6.07, 6.45) is 5.63. The van der Waals surface area contributed by atoms with Gasteiger partial charge in [-0.25, -0.2) is 0 Å². The smallest absolute Gasteiger partial charge is 0.400 e. The molecule has 1 aromatic rings. The maximum Gasteiger partial charge on any atom is 0.491 e. The van der Waals surface area contributed by atoms with Crippen molar-refractivity contribution in [3.63, 3.8) is 0 Å². The quantitative estimate of drug-likeness (QED) is 0.787. The summed E-state index contributed by atoms with van der Waals surface area (Å²) in [6, 6.07) is 2.05. The third-order valence-electron chi connectivity index (χ3n) is 4.25. The van der Waals surface area contributed by atoms with Crippen LogP contribution in [0.1, 0.15) is 45.7 Å². The van der Waals surface area contributed by atoms with Gasteiger partial charge in [0.2, 0.25) is 0 Å². The van der Waals surface area contributed by atoms with E-state index in [1.54, 1.807) is 13.1 Å². The number of aromatic nitrogens is 1. The molecular formula is C17H24BNO3S. The van der Waals surface area contributed by atoms with Gasteiger partial charge < -0.3 is 9.31 Å². The molecule has 1 aromatic heterocycles. The monoisotopic (exact) mass is 333 g/mol. The molecule has 0 spiro atoms. The van der Waals surface area contributed by atoms with Crippen LogP contribution in [0.5, 0.6) is 0 Å². The van der Waals surface area contributed by atoms with Gasteiger partial charge in [-0.15, -0.1) is 0 Å². The summed E-state index contributed by atoms with van der Waals surface area (Å²) >= 11 is 1.26. The lowest BCUT2D eigenvalue weighted by atomic mass is 9.78. The number of aryl methyl sites for hydroxylation is 1. The highest BCUT2D eigenvalue weighted by Crippen LogP contribution is 2.39. The molecular weight excluding hydrogens is 309 g/mol. The lowest BCUT2D eigenvalue weighted by Gasteiger charge is -2.32. The van der Waals surface area contributed by atoms with Gasteiger partial charge in [0.05, 0.1) is 11.2 Å². The molecule has 1 fully saturated rings. The van der Waals surface area contributed by atoms with Crippen molar-refractivity contribution < 1.29 is 14.1 Å². The number of carbonyl (C=O) groups excluding carboxylic acids is 1. The van der Waals surface area contributed by atoms with Crippen LogP contribution in [0.4, 0.5) is 0 Å². The highest BCUT2D eigenvalue weighted by molar-refractivity contribution is 8.13. The number of nitrogens with zero attached hydrogens (tertiary/aromatic N) is 1. The zero-order valence-electron chi connectivity index (χ0n) is 14.7. The Morgan fingerprint density at radius 2 is 1.87 bits per heavy atom. The Labute approximate surface area is 143 Å². The van der Waals surface area contributed by atoms with Crippen LogP contribution in [0.3, 0.4) is 0 Å². The van der Waals surface area contributed by atoms with Crippen molar-refractivity contribution in [2.24, 2.45) is 0 Å². The summed E-state index contributed by atoms with van der Waals surface area (Å²) in [5.41, 5.74) is 2.21. The van der Waals surface area contributed by atoms with E-state index in [0.29, 0.717) is 5.75 Å². The molecule has 4 nitrogen and oxygen atoms in total. The highest BCUT2D eigenvalue weighted by atomic mass is 32.2. The number of hydrogen-bond acceptors (Lipinski definition) is 5. The van der Waals surface area contributed by atoms with Gasteiger partial charge in [-0.2, -0.15) is 0 Å². The molecule has 0 amide bonds. The second-order valence-electron chi connectivity index (χ2n) is 6.88. The maximum absolute atomic E-state index is 11.4. The number of hydrogen-bond donors (Lipinski definition) is 0. The first-order valence-electron chi connectivity index (χ1n) is 7.72. The number of rotatable bonds is 4. The Bertz CT molecular complexity index is 612. The Balaban J connectivity index is 2.30. The minimum atomic E-state index is -0.452. The lowest BCUT2D eigenvalue weighted by molar-refractivity contribution is -0.109. The van der Waals surface area contributed by atoms with E-state index in [-0.39, 0.29) is 5.12 Å². The summed E-state index contributed by atoms with van der Waals surface area (Å²) in [5, 5.41) is 0.0785. The van der Waals surface area contributed by atoms with E-state index >= 15 is 0 Å². The van der Waals surface area contributed by atoms with Crippen molar-refractivity contribution in [1.82, 2.24) is 4.98 Å². The van der Waals surface area contributed by atoms with Crippen LogP contribution in [-0.4, -0.2) is 34.2 Å². The summed E-state index contributed by atoms with van der Waals surface area (Å²) in [6.45, 7) is 11.7. The fraction of sp³-hybridized carbons (Fsp3) is 0.529. The Morgan fingerprint density at radius 3 is 2.39 bits per heavy atom. The second-order valence-corrected chi connectivity index (χ2v) is 8.04. The van der Waals surface area contributed by atoms with Crippen LogP contribution < -0.4 is 0 Å². The van der Waals surface area contributed by atoms with Crippen LogP contribution in [0.25, 0.3) is 6.08 Å². The zero-order valence-corrected chi connectivity index (χ0v) is 15.5. The van der Waals surface area contributed by atoms with E-state index in [1.165, 1.54) is 11.8 Å². The SMILES string of the molecule is CC(=O)SCC(=Cc1cncc(C)c1)B1OC(C)(C)C(C)(C)O1. The normalized spacial score (nSPS) is 19.9. The van der Waals surface area contributed by atoms with Gasteiger partial charge in [0, 0.05) is 25.1 Å². The standard InChI is InChI=1S/C17H24BNO3S/c1-12-7-14(10-19-9-12)8-15(11-23-13(2)20)18-21-16(3,4)17(5,6)22-18/h7-10H,11H2,1-6H3. The molecule has 2 rings (SSSR count). The predicted octanol–water partition coefficient (Wildman–Crippen LogP) is 3.68. The molecule has 0 saturated carbocycles. The molecule has 0 aliphatic carbocycles. The number of pyridine rings is 1. The Morgan fingerprint density at radius 1 is 1.26 bits per heavy atom. The van der Waals surface area contributed by atoms with E-state index in [1.807, 2.05) is 46.9 Å². The Kier molecular flexibility index (Phi) is 5.39. The molecule has 0 N–H and O–H groups in total. The van der Waals surface area contributed by atoms with Crippen molar-refractivity contribution >= 4 is 30.1 Å². The number of carbonyl (C=O) groups is 1. The highest BCUT2D eigenvalue weighted by Gasteiger charge is 2.52. The van der Waals surface area contributed by atoms with E-state index in [0.717, 1.165) is 16.6 Å². The molecule has 0 aromatic carbocycles. The number of thioether (sulfide) groups is 1. The molecule has 1 aliphatic rings. The van der Waals surface area contributed by atoms with Gasteiger partial charge in [-0.05, 0) is 57.3 Å². The minimum Gasteiger partial charge on any atom is -0.400 e. The fourth-order valence-electron chi connectivity index (χ4n) is 2.23. The molecule has 0 unspecified atom stereocenters. The van der Waals surface area contributed by atoms with Crippen molar-refractivity contribution in [2.75, 3.05) is 5.75 Å². The molecule has 0 atom stereocenters. The van der Waals surface area contributed by atoms with Gasteiger partial charge in [0.15, 0.2) is 5.12 Å². The third kappa shape index (κ3) is 4.46. The molecule has 0 radical (unpaired) electrons. The first-order chi connectivity index (χ1) is 10.6. The van der Waals surface area contributed by atoms with Gasteiger partial charge in [-0.1, -0.05) is 17.8 Å². The van der Waals surface area contributed by atoms with Crippen molar-refractivity contribution in [1.29, 1.82) is 0 Å². The van der Waals surface area contributed by atoms with Gasteiger partial charge >= 0.3 is 7.12 Å². The summed E-state index contributed by atoms with van der Waals surface area (Å²) in [5.74, 6) is 0.542. The first-order valence-corrected chi connectivity index (χ1v) is 8.70. The molecule has 1 saturated heterocycles. The first kappa shape index (κ1) is 18.2. The maximum atomic E-state index is 11.4. The third-order valence-corrected chi connectivity index (χ3v) is 5.13. The summed E-state index contributed by atoms with van der Waals surface area (Å²) in [7, 11) is -0.452. The van der Waals surface area contributed by atoms with Crippen LogP contribution in [0.2, 0.25) is 0 Å². The van der Waals surface area contributed by atoms with E-state index in [2.05, 4.69) is 11.1 Å². The van der Waals surface area contributed by atoms with Crippen LogP contribution in [0, 0.1) is 6.92 Å². The minimum absolute atomic E-state index is 0.0785. The molecule has 23 heavy (non-hydrogen) atoms. The van der Waals surface area contributed by atoms with Gasteiger partial charge in [0.25, 0.3) is 0 Å². The van der Waals surface area contributed by atoms with Crippen LogP contribution >= 0.6 is 11.8 Å². The molecule has 1 aliphatic heterocycles.